The number of hydrogen-bond donors (Lipinski definition) is 1. The maximum absolute atomic E-state index is 5.28. The number of nitrogens with zero attached hydrogens (tertiary/aromatic N) is 1. The summed E-state index contributed by atoms with van der Waals surface area (Å²) in [5, 5.41) is 3.54. The molecule has 0 saturated heterocycles. The van der Waals surface area contributed by atoms with Gasteiger partial charge in [-0.25, -0.2) is 0 Å². The maximum atomic E-state index is 5.28. The van der Waals surface area contributed by atoms with Gasteiger partial charge in [0.05, 0.1) is 6.61 Å². The minimum absolute atomic E-state index is 0.468. The van der Waals surface area contributed by atoms with Crippen LogP contribution in [0.1, 0.15) is 37.4 Å². The number of benzene rings is 1. The van der Waals surface area contributed by atoms with E-state index in [0.29, 0.717) is 12.1 Å². The Balaban J connectivity index is 2.22. The van der Waals surface area contributed by atoms with E-state index in [-0.39, 0.29) is 0 Å². The Morgan fingerprint density at radius 3 is 2.95 bits per heavy atom. The van der Waals surface area contributed by atoms with E-state index in [1.54, 1.807) is 7.11 Å². The van der Waals surface area contributed by atoms with Crippen LogP contribution in [0, 0.1) is 0 Å². The molecule has 0 fully saturated rings. The summed E-state index contributed by atoms with van der Waals surface area (Å²) in [5.74, 6) is 0. The van der Waals surface area contributed by atoms with Gasteiger partial charge in [-0.2, -0.15) is 0 Å². The van der Waals surface area contributed by atoms with E-state index in [9.17, 15) is 0 Å². The molecule has 19 heavy (non-hydrogen) atoms. The summed E-state index contributed by atoms with van der Waals surface area (Å²) in [5.41, 5.74) is 2.92. The Kier molecular flexibility index (Phi) is 5.37. The van der Waals surface area contributed by atoms with Gasteiger partial charge in [-0.3, -0.25) is 4.90 Å². The molecule has 1 heterocycles. The topological polar surface area (TPSA) is 24.5 Å². The summed E-state index contributed by atoms with van der Waals surface area (Å²) in [6.45, 7) is 8.38. The molecule has 0 bridgehead atoms. The SMILES string of the molecule is CCC(C)N(CCOC)C1CNCc2ccccc21. The largest absolute Gasteiger partial charge is 0.383 e. The van der Waals surface area contributed by atoms with Gasteiger partial charge in [0.15, 0.2) is 0 Å². The molecule has 0 spiro atoms. The van der Waals surface area contributed by atoms with E-state index >= 15 is 0 Å². The van der Waals surface area contributed by atoms with Crippen LogP contribution in [0.15, 0.2) is 24.3 Å². The Morgan fingerprint density at radius 1 is 1.42 bits per heavy atom. The molecule has 2 rings (SSSR count). The molecule has 0 amide bonds. The summed E-state index contributed by atoms with van der Waals surface area (Å²) in [7, 11) is 1.78. The highest BCUT2D eigenvalue weighted by Gasteiger charge is 2.27. The van der Waals surface area contributed by atoms with E-state index in [1.807, 2.05) is 0 Å². The predicted molar refractivity (Wildman–Crippen MR) is 79.2 cm³/mol. The van der Waals surface area contributed by atoms with E-state index < -0.39 is 0 Å². The molecular weight excluding hydrogens is 236 g/mol. The molecule has 1 aromatic carbocycles. The van der Waals surface area contributed by atoms with E-state index in [1.165, 1.54) is 17.5 Å². The van der Waals surface area contributed by atoms with Crippen molar-refractivity contribution in [3.8, 4) is 0 Å². The number of fused-ring (bicyclic) bond motifs is 1. The quantitative estimate of drug-likeness (QED) is 0.853. The zero-order chi connectivity index (χ0) is 13.7. The van der Waals surface area contributed by atoms with Crippen LogP contribution < -0.4 is 5.32 Å². The number of rotatable bonds is 6. The summed E-state index contributed by atoms with van der Waals surface area (Å²) in [6.07, 6.45) is 1.17. The molecule has 1 N–H and O–H groups in total. The lowest BCUT2D eigenvalue weighted by Crippen LogP contribution is -2.45. The van der Waals surface area contributed by atoms with Crippen LogP contribution in [-0.2, 0) is 11.3 Å². The fourth-order valence-electron chi connectivity index (χ4n) is 2.88. The highest BCUT2D eigenvalue weighted by molar-refractivity contribution is 5.32. The number of hydrogen-bond acceptors (Lipinski definition) is 3. The normalized spacial score (nSPS) is 20.3. The van der Waals surface area contributed by atoms with Crippen molar-refractivity contribution in [2.75, 3.05) is 26.8 Å². The standard InChI is InChI=1S/C16H26N2O/c1-4-13(2)18(9-10-19-3)16-12-17-11-14-7-5-6-8-15(14)16/h5-8,13,16-17H,4,9-12H2,1-3H3. The van der Waals surface area contributed by atoms with Gasteiger partial charge < -0.3 is 10.1 Å². The molecule has 1 aliphatic heterocycles. The Hall–Kier alpha value is -0.900. The van der Waals surface area contributed by atoms with Gasteiger partial charge in [0.1, 0.15) is 0 Å². The minimum atomic E-state index is 0.468. The van der Waals surface area contributed by atoms with Crippen molar-refractivity contribution >= 4 is 0 Å². The first kappa shape index (κ1) is 14.5. The third-order valence-electron chi connectivity index (χ3n) is 4.18. The molecule has 0 aromatic heterocycles. The fraction of sp³-hybridized carbons (Fsp3) is 0.625. The summed E-state index contributed by atoms with van der Waals surface area (Å²) < 4.78 is 5.28. The van der Waals surface area contributed by atoms with E-state index in [0.717, 1.165) is 26.2 Å². The summed E-state index contributed by atoms with van der Waals surface area (Å²) >= 11 is 0. The maximum Gasteiger partial charge on any atom is 0.0590 e. The zero-order valence-electron chi connectivity index (χ0n) is 12.4. The van der Waals surface area contributed by atoms with Gasteiger partial charge >= 0.3 is 0 Å². The average Bonchev–Trinajstić information content (AvgIpc) is 2.47. The van der Waals surface area contributed by atoms with Gasteiger partial charge in [0.25, 0.3) is 0 Å². The van der Waals surface area contributed by atoms with Gasteiger partial charge in [-0.15, -0.1) is 0 Å². The molecule has 106 valence electrons. The van der Waals surface area contributed by atoms with Crippen molar-refractivity contribution in [3.63, 3.8) is 0 Å². The lowest BCUT2D eigenvalue weighted by molar-refractivity contribution is 0.0836. The Morgan fingerprint density at radius 2 is 2.21 bits per heavy atom. The van der Waals surface area contributed by atoms with Crippen molar-refractivity contribution in [1.82, 2.24) is 10.2 Å². The first-order valence-corrected chi connectivity index (χ1v) is 7.31. The van der Waals surface area contributed by atoms with Crippen LogP contribution in [0.25, 0.3) is 0 Å². The van der Waals surface area contributed by atoms with Crippen molar-refractivity contribution in [3.05, 3.63) is 35.4 Å². The Labute approximate surface area is 116 Å². The second-order valence-corrected chi connectivity index (χ2v) is 5.33. The molecule has 1 aliphatic rings. The highest BCUT2D eigenvalue weighted by atomic mass is 16.5. The van der Waals surface area contributed by atoms with Crippen molar-refractivity contribution in [1.29, 1.82) is 0 Å². The smallest absolute Gasteiger partial charge is 0.0590 e. The molecule has 0 saturated carbocycles. The lowest BCUT2D eigenvalue weighted by atomic mass is 9.94. The Bertz CT molecular complexity index is 394. The van der Waals surface area contributed by atoms with Crippen LogP contribution >= 0.6 is 0 Å². The van der Waals surface area contributed by atoms with Gasteiger partial charge in [0, 0.05) is 38.8 Å². The van der Waals surface area contributed by atoms with Crippen LogP contribution in [0.2, 0.25) is 0 Å². The van der Waals surface area contributed by atoms with Gasteiger partial charge in [-0.1, -0.05) is 31.2 Å². The van der Waals surface area contributed by atoms with Crippen LogP contribution in [0.5, 0.6) is 0 Å². The molecular formula is C16H26N2O. The third-order valence-corrected chi connectivity index (χ3v) is 4.18. The molecule has 2 atom stereocenters. The fourth-order valence-corrected chi connectivity index (χ4v) is 2.88. The number of methoxy groups -OCH3 is 1. The highest BCUT2D eigenvalue weighted by Crippen LogP contribution is 2.29. The molecule has 1 aromatic rings. The lowest BCUT2D eigenvalue weighted by Gasteiger charge is -2.39. The monoisotopic (exact) mass is 262 g/mol. The molecule has 3 heteroatoms. The molecule has 3 nitrogen and oxygen atoms in total. The van der Waals surface area contributed by atoms with Crippen LogP contribution in [0.3, 0.4) is 0 Å². The second kappa shape index (κ2) is 7.04. The summed E-state index contributed by atoms with van der Waals surface area (Å²) in [6, 6.07) is 9.85. The predicted octanol–water partition coefficient (Wildman–Crippen LogP) is 2.58. The number of nitrogens with one attached hydrogen (secondary N) is 1. The zero-order valence-corrected chi connectivity index (χ0v) is 12.4. The second-order valence-electron chi connectivity index (χ2n) is 5.33. The average molecular weight is 262 g/mol. The molecule has 0 radical (unpaired) electrons. The van der Waals surface area contributed by atoms with Crippen molar-refractivity contribution in [2.24, 2.45) is 0 Å². The minimum Gasteiger partial charge on any atom is -0.383 e. The first-order valence-electron chi connectivity index (χ1n) is 7.31. The number of ether oxygens (including phenoxy) is 1. The van der Waals surface area contributed by atoms with Crippen molar-refractivity contribution < 1.29 is 4.74 Å². The molecule has 0 aliphatic carbocycles. The van der Waals surface area contributed by atoms with Gasteiger partial charge in [-0.05, 0) is 24.5 Å². The van der Waals surface area contributed by atoms with Crippen molar-refractivity contribution in [2.45, 2.75) is 38.9 Å². The molecule has 2 unspecified atom stereocenters. The van der Waals surface area contributed by atoms with Gasteiger partial charge in [0.2, 0.25) is 0 Å². The van der Waals surface area contributed by atoms with E-state index in [4.69, 9.17) is 4.74 Å². The van der Waals surface area contributed by atoms with Crippen LogP contribution in [0.4, 0.5) is 0 Å². The van der Waals surface area contributed by atoms with E-state index in [2.05, 4.69) is 48.3 Å². The third kappa shape index (κ3) is 3.35. The first-order chi connectivity index (χ1) is 9.27. The van der Waals surface area contributed by atoms with Crippen LogP contribution in [-0.4, -0.2) is 37.7 Å². The summed E-state index contributed by atoms with van der Waals surface area (Å²) in [4.78, 5) is 2.58.